The molecule has 0 radical (unpaired) electrons. The molecule has 0 saturated carbocycles. The van der Waals surface area contributed by atoms with Crippen LogP contribution < -0.4 is 19.9 Å². The zero-order chi connectivity index (χ0) is 23.5. The van der Waals surface area contributed by atoms with E-state index in [0.717, 1.165) is 27.9 Å². The van der Waals surface area contributed by atoms with Crippen molar-refractivity contribution in [2.75, 3.05) is 7.11 Å². The molecule has 0 amide bonds. The molecule has 3 N–H and O–H groups in total. The summed E-state index contributed by atoms with van der Waals surface area (Å²) in [5, 5.41) is 17.4. The van der Waals surface area contributed by atoms with Crippen molar-refractivity contribution in [3.05, 3.63) is 107 Å². The number of nitriles is 1. The molecule has 34 heavy (non-hydrogen) atoms. The molecule has 0 bridgehead atoms. The lowest BCUT2D eigenvalue weighted by Crippen LogP contribution is -2.21. The third-order valence-electron chi connectivity index (χ3n) is 5.74. The molecule has 0 spiro atoms. The number of hydrogen-bond donors (Lipinski definition) is 2. The van der Waals surface area contributed by atoms with Gasteiger partial charge in [0.25, 0.3) is 0 Å². The highest BCUT2D eigenvalue weighted by Gasteiger charge is 2.35. The van der Waals surface area contributed by atoms with Gasteiger partial charge in [0, 0.05) is 5.56 Å². The summed E-state index contributed by atoms with van der Waals surface area (Å²) in [5.41, 5.74) is 10.7. The van der Waals surface area contributed by atoms with Gasteiger partial charge >= 0.3 is 0 Å². The van der Waals surface area contributed by atoms with Crippen molar-refractivity contribution in [2.24, 2.45) is 5.73 Å². The number of aromatic amines is 1. The molecule has 7 nitrogen and oxygen atoms in total. The van der Waals surface area contributed by atoms with Crippen molar-refractivity contribution < 1.29 is 14.2 Å². The molecule has 1 unspecified atom stereocenters. The van der Waals surface area contributed by atoms with Gasteiger partial charge in [0.1, 0.15) is 29.7 Å². The molecule has 1 aliphatic rings. The Hall–Kier alpha value is -4.70. The molecule has 0 saturated heterocycles. The van der Waals surface area contributed by atoms with Gasteiger partial charge in [0.05, 0.1) is 24.3 Å². The minimum Gasteiger partial charge on any atom is -0.497 e. The molecule has 1 aliphatic heterocycles. The lowest BCUT2D eigenvalue weighted by atomic mass is 9.83. The van der Waals surface area contributed by atoms with Crippen LogP contribution in [0.4, 0.5) is 0 Å². The summed E-state index contributed by atoms with van der Waals surface area (Å²) in [6.07, 6.45) is 0. The second kappa shape index (κ2) is 9.04. The number of benzene rings is 3. The minimum atomic E-state index is -0.478. The predicted molar refractivity (Wildman–Crippen MR) is 127 cm³/mol. The lowest BCUT2D eigenvalue weighted by Gasteiger charge is -2.24. The fraction of sp³-hybridized carbons (Fsp3) is 0.111. The van der Waals surface area contributed by atoms with Crippen molar-refractivity contribution >= 4 is 0 Å². The van der Waals surface area contributed by atoms with Gasteiger partial charge in [-0.25, -0.2) is 0 Å². The van der Waals surface area contributed by atoms with Crippen LogP contribution in [0.25, 0.3) is 11.3 Å². The van der Waals surface area contributed by atoms with Gasteiger partial charge in [-0.15, -0.1) is 5.10 Å². The van der Waals surface area contributed by atoms with Gasteiger partial charge in [-0.1, -0.05) is 54.6 Å². The standard InChI is InChI=1S/C27H22N4O3/c1-32-20-11-6-10-19(14-20)25-24-23(22(15-28)26(29)34-27(24)31-30-25)18-9-5-12-21(13-18)33-16-17-7-3-2-4-8-17/h2-14,23H,16,29H2,1H3,(H,30,31). The third kappa shape index (κ3) is 3.93. The number of hydrogen-bond acceptors (Lipinski definition) is 6. The van der Waals surface area contributed by atoms with Crippen LogP contribution in [0.15, 0.2) is 90.3 Å². The number of H-pyrrole nitrogens is 1. The smallest absolute Gasteiger partial charge is 0.244 e. The van der Waals surface area contributed by atoms with Crippen molar-refractivity contribution in [3.63, 3.8) is 0 Å². The van der Waals surface area contributed by atoms with Gasteiger partial charge in [-0.05, 0) is 35.4 Å². The average Bonchev–Trinajstić information content (AvgIpc) is 3.30. The molecule has 1 aromatic heterocycles. The first-order chi connectivity index (χ1) is 16.7. The predicted octanol–water partition coefficient (Wildman–Crippen LogP) is 4.88. The maximum Gasteiger partial charge on any atom is 0.244 e. The number of fused-ring (bicyclic) bond motifs is 1. The maximum atomic E-state index is 9.97. The molecule has 3 aromatic carbocycles. The molecule has 2 heterocycles. The zero-order valence-corrected chi connectivity index (χ0v) is 18.5. The van der Waals surface area contributed by atoms with Crippen LogP contribution in [-0.4, -0.2) is 17.3 Å². The summed E-state index contributed by atoms with van der Waals surface area (Å²) in [6.45, 7) is 0.438. The topological polar surface area (TPSA) is 106 Å². The summed E-state index contributed by atoms with van der Waals surface area (Å²) in [4.78, 5) is 0. The van der Waals surface area contributed by atoms with E-state index in [1.807, 2.05) is 78.9 Å². The Balaban J connectivity index is 1.56. The molecular formula is C27H22N4O3. The summed E-state index contributed by atoms with van der Waals surface area (Å²) in [5.74, 6) is 1.31. The quantitative estimate of drug-likeness (QED) is 0.434. The van der Waals surface area contributed by atoms with Crippen molar-refractivity contribution in [2.45, 2.75) is 12.5 Å². The van der Waals surface area contributed by atoms with E-state index in [1.165, 1.54) is 0 Å². The molecule has 168 valence electrons. The maximum absolute atomic E-state index is 9.97. The number of allylic oxidation sites excluding steroid dienone is 1. The normalized spacial score (nSPS) is 14.6. The Morgan fingerprint density at radius 2 is 1.82 bits per heavy atom. The Labute approximate surface area is 197 Å². The van der Waals surface area contributed by atoms with E-state index in [0.29, 0.717) is 29.6 Å². The second-order valence-electron chi connectivity index (χ2n) is 7.82. The molecular weight excluding hydrogens is 428 g/mol. The van der Waals surface area contributed by atoms with Gasteiger partial charge in [0.2, 0.25) is 11.8 Å². The van der Waals surface area contributed by atoms with Crippen LogP contribution in [0, 0.1) is 11.3 Å². The van der Waals surface area contributed by atoms with E-state index in [9.17, 15) is 5.26 Å². The van der Waals surface area contributed by atoms with Gasteiger partial charge in [-0.3, -0.25) is 5.10 Å². The van der Waals surface area contributed by atoms with Crippen LogP contribution in [0.1, 0.15) is 22.6 Å². The van der Waals surface area contributed by atoms with Crippen molar-refractivity contribution in [1.82, 2.24) is 10.2 Å². The van der Waals surface area contributed by atoms with E-state index in [-0.39, 0.29) is 5.88 Å². The summed E-state index contributed by atoms with van der Waals surface area (Å²) in [7, 11) is 1.62. The fourth-order valence-corrected chi connectivity index (χ4v) is 4.10. The number of nitrogens with two attached hydrogens (primary N) is 1. The highest BCUT2D eigenvalue weighted by atomic mass is 16.5. The molecule has 0 aliphatic carbocycles. The summed E-state index contributed by atoms with van der Waals surface area (Å²) >= 11 is 0. The van der Waals surface area contributed by atoms with Crippen LogP contribution in [0.2, 0.25) is 0 Å². The SMILES string of the molecule is COc1cccc(-c2[nH]nc3c2C(c2cccc(OCc4ccccc4)c2)C(C#N)=C(N)O3)c1. The van der Waals surface area contributed by atoms with Crippen molar-refractivity contribution in [1.29, 1.82) is 5.26 Å². The average molecular weight is 450 g/mol. The molecule has 0 fully saturated rings. The Bertz CT molecular complexity index is 1400. The van der Waals surface area contributed by atoms with Crippen LogP contribution >= 0.6 is 0 Å². The van der Waals surface area contributed by atoms with Crippen LogP contribution in [0.3, 0.4) is 0 Å². The minimum absolute atomic E-state index is 0.0410. The van der Waals surface area contributed by atoms with Crippen molar-refractivity contribution in [3.8, 4) is 34.7 Å². The number of nitrogens with one attached hydrogen (secondary N) is 1. The first-order valence-electron chi connectivity index (χ1n) is 10.7. The zero-order valence-electron chi connectivity index (χ0n) is 18.5. The summed E-state index contributed by atoms with van der Waals surface area (Å²) < 4.78 is 17.1. The van der Waals surface area contributed by atoms with Gasteiger partial charge < -0.3 is 19.9 Å². The number of aromatic nitrogens is 2. The molecule has 4 aromatic rings. The number of methoxy groups -OCH3 is 1. The van der Waals surface area contributed by atoms with E-state index < -0.39 is 5.92 Å². The first kappa shape index (κ1) is 21.2. The number of ether oxygens (including phenoxy) is 3. The Kier molecular flexibility index (Phi) is 5.63. The van der Waals surface area contributed by atoms with Crippen LogP contribution in [-0.2, 0) is 6.61 Å². The van der Waals surface area contributed by atoms with E-state index in [4.69, 9.17) is 19.9 Å². The van der Waals surface area contributed by atoms with Gasteiger partial charge in [0.15, 0.2) is 0 Å². The van der Waals surface area contributed by atoms with Gasteiger partial charge in [-0.2, -0.15) is 5.26 Å². The molecule has 1 atom stereocenters. The summed E-state index contributed by atoms with van der Waals surface area (Å²) in [6, 6.07) is 27.5. The Morgan fingerprint density at radius 1 is 1.03 bits per heavy atom. The second-order valence-corrected chi connectivity index (χ2v) is 7.82. The Morgan fingerprint density at radius 3 is 2.62 bits per heavy atom. The van der Waals surface area contributed by atoms with E-state index in [1.54, 1.807) is 7.11 Å². The lowest BCUT2D eigenvalue weighted by molar-refractivity contribution is 0.306. The van der Waals surface area contributed by atoms with E-state index >= 15 is 0 Å². The largest absolute Gasteiger partial charge is 0.497 e. The van der Waals surface area contributed by atoms with Crippen LogP contribution in [0.5, 0.6) is 17.4 Å². The monoisotopic (exact) mass is 450 g/mol. The fourth-order valence-electron chi connectivity index (χ4n) is 4.10. The number of nitrogens with zero attached hydrogens (tertiary/aromatic N) is 2. The molecule has 5 rings (SSSR count). The highest BCUT2D eigenvalue weighted by molar-refractivity contribution is 5.71. The van der Waals surface area contributed by atoms with E-state index in [2.05, 4.69) is 16.3 Å². The third-order valence-corrected chi connectivity index (χ3v) is 5.74. The number of rotatable bonds is 6. The first-order valence-corrected chi connectivity index (χ1v) is 10.7. The molecule has 7 heteroatoms. The highest BCUT2D eigenvalue weighted by Crippen LogP contribution is 2.46.